The first kappa shape index (κ1) is 14.3. The van der Waals surface area contributed by atoms with Gasteiger partial charge in [-0.25, -0.2) is 0 Å². The Morgan fingerprint density at radius 3 is 2.27 bits per heavy atom. The Morgan fingerprint density at radius 2 is 1.93 bits per heavy atom. The van der Waals surface area contributed by atoms with E-state index >= 15 is 0 Å². The lowest BCUT2D eigenvalue weighted by atomic mass is 10.1. The topological polar surface area (TPSA) is 104 Å². The molecule has 0 aliphatic heterocycles. The molecule has 0 saturated carbocycles. The average molecular weight is 239 g/mol. The van der Waals surface area contributed by atoms with Crippen molar-refractivity contribution in [3.05, 3.63) is 0 Å². The van der Waals surface area contributed by atoms with Crippen molar-refractivity contribution in [2.24, 2.45) is 5.92 Å². The minimum absolute atomic E-state index is 0.279. The fraction of sp³-hybridized carbons (Fsp3) is 0.875. The van der Waals surface area contributed by atoms with Crippen molar-refractivity contribution in [3.8, 4) is 0 Å². The van der Waals surface area contributed by atoms with Crippen molar-refractivity contribution < 1.29 is 22.9 Å². The Kier molecular flexibility index (Phi) is 5.77. The van der Waals surface area contributed by atoms with E-state index in [1.807, 2.05) is 13.8 Å². The highest BCUT2D eigenvalue weighted by molar-refractivity contribution is 7.87. The van der Waals surface area contributed by atoms with E-state index in [9.17, 15) is 13.2 Å². The SMILES string of the molecule is CCC(C)CNCC(C(=O)O)S(=O)(=O)O. The van der Waals surface area contributed by atoms with Crippen LogP contribution >= 0.6 is 0 Å². The number of rotatable bonds is 7. The summed E-state index contributed by atoms with van der Waals surface area (Å²) in [6.45, 7) is 4.17. The van der Waals surface area contributed by atoms with Gasteiger partial charge >= 0.3 is 5.97 Å². The maximum absolute atomic E-state index is 10.7. The van der Waals surface area contributed by atoms with Crippen LogP contribution in [0.25, 0.3) is 0 Å². The maximum Gasteiger partial charge on any atom is 0.325 e. The second-order valence-electron chi connectivity index (χ2n) is 3.51. The Balaban J connectivity index is 4.17. The zero-order valence-electron chi connectivity index (χ0n) is 8.80. The van der Waals surface area contributed by atoms with Crippen LogP contribution in [0.5, 0.6) is 0 Å². The number of carboxylic acid groups (broad SMARTS) is 1. The van der Waals surface area contributed by atoms with Crippen LogP contribution in [0, 0.1) is 5.92 Å². The lowest BCUT2D eigenvalue weighted by molar-refractivity contribution is -0.136. The molecular weight excluding hydrogens is 222 g/mol. The molecule has 2 atom stereocenters. The largest absolute Gasteiger partial charge is 0.480 e. The predicted molar refractivity (Wildman–Crippen MR) is 55.3 cm³/mol. The van der Waals surface area contributed by atoms with E-state index in [2.05, 4.69) is 5.32 Å². The van der Waals surface area contributed by atoms with Crippen molar-refractivity contribution in [3.63, 3.8) is 0 Å². The van der Waals surface area contributed by atoms with Crippen LogP contribution in [0.4, 0.5) is 0 Å². The second kappa shape index (κ2) is 6.04. The molecule has 0 radical (unpaired) electrons. The zero-order valence-corrected chi connectivity index (χ0v) is 9.62. The fourth-order valence-electron chi connectivity index (χ4n) is 0.925. The highest BCUT2D eigenvalue weighted by atomic mass is 32.2. The number of hydrogen-bond donors (Lipinski definition) is 3. The van der Waals surface area contributed by atoms with Crippen LogP contribution in [-0.4, -0.2) is 42.4 Å². The van der Waals surface area contributed by atoms with Gasteiger partial charge in [-0.05, 0) is 12.5 Å². The highest BCUT2D eigenvalue weighted by Gasteiger charge is 2.30. The predicted octanol–water partition coefficient (Wildman–Crippen LogP) is -0.0369. The smallest absolute Gasteiger partial charge is 0.325 e. The first-order valence-corrected chi connectivity index (χ1v) is 6.19. The number of hydrogen-bond acceptors (Lipinski definition) is 4. The lowest BCUT2D eigenvalue weighted by Gasteiger charge is -2.13. The van der Waals surface area contributed by atoms with Crippen molar-refractivity contribution in [1.29, 1.82) is 0 Å². The minimum atomic E-state index is -4.53. The van der Waals surface area contributed by atoms with Crippen molar-refractivity contribution >= 4 is 16.1 Å². The first-order chi connectivity index (χ1) is 6.79. The summed E-state index contributed by atoms with van der Waals surface area (Å²) in [7, 11) is -4.53. The molecule has 6 nitrogen and oxygen atoms in total. The van der Waals surface area contributed by atoms with E-state index in [4.69, 9.17) is 9.66 Å². The van der Waals surface area contributed by atoms with Crippen LogP contribution < -0.4 is 5.32 Å². The molecule has 0 amide bonds. The Bertz CT molecular complexity index is 300. The Labute approximate surface area is 89.4 Å². The molecule has 0 saturated heterocycles. The molecule has 90 valence electrons. The molecule has 15 heavy (non-hydrogen) atoms. The Hall–Kier alpha value is -0.660. The quantitative estimate of drug-likeness (QED) is 0.539. The van der Waals surface area contributed by atoms with Gasteiger partial charge in [-0.2, -0.15) is 8.42 Å². The van der Waals surface area contributed by atoms with Crippen molar-refractivity contribution in [2.45, 2.75) is 25.5 Å². The van der Waals surface area contributed by atoms with Gasteiger partial charge in [0.1, 0.15) is 0 Å². The Morgan fingerprint density at radius 1 is 1.40 bits per heavy atom. The first-order valence-electron chi connectivity index (χ1n) is 4.68. The molecule has 0 aliphatic carbocycles. The number of nitrogens with one attached hydrogen (secondary N) is 1. The summed E-state index contributed by atoms with van der Waals surface area (Å²) >= 11 is 0. The van der Waals surface area contributed by atoms with Gasteiger partial charge in [0.15, 0.2) is 5.25 Å². The molecular formula is C8H17NO5S. The monoisotopic (exact) mass is 239 g/mol. The van der Waals surface area contributed by atoms with Crippen molar-refractivity contribution in [2.75, 3.05) is 13.1 Å². The van der Waals surface area contributed by atoms with E-state index in [1.54, 1.807) is 0 Å². The van der Waals surface area contributed by atoms with Gasteiger partial charge in [0.2, 0.25) is 0 Å². The van der Waals surface area contributed by atoms with E-state index in [0.717, 1.165) is 6.42 Å². The molecule has 0 aromatic carbocycles. The molecule has 7 heteroatoms. The lowest BCUT2D eigenvalue weighted by Crippen LogP contribution is -2.40. The third kappa shape index (κ3) is 5.71. The van der Waals surface area contributed by atoms with Gasteiger partial charge in [0, 0.05) is 6.54 Å². The third-order valence-electron chi connectivity index (χ3n) is 2.15. The van der Waals surface area contributed by atoms with Crippen LogP contribution in [0.3, 0.4) is 0 Å². The number of carboxylic acids is 1. The summed E-state index contributed by atoms with van der Waals surface area (Å²) in [5.41, 5.74) is 0. The van der Waals surface area contributed by atoms with Gasteiger partial charge in [-0.1, -0.05) is 20.3 Å². The molecule has 0 rings (SSSR count). The van der Waals surface area contributed by atoms with E-state index in [0.29, 0.717) is 12.5 Å². The summed E-state index contributed by atoms with van der Waals surface area (Å²) in [5, 5.41) is 9.47. The molecule has 2 unspecified atom stereocenters. The van der Waals surface area contributed by atoms with E-state index in [1.165, 1.54) is 0 Å². The summed E-state index contributed by atoms with van der Waals surface area (Å²) in [6.07, 6.45) is 0.913. The van der Waals surface area contributed by atoms with Gasteiger partial charge in [0.05, 0.1) is 0 Å². The summed E-state index contributed by atoms with van der Waals surface area (Å²) in [5.74, 6) is -1.21. The van der Waals surface area contributed by atoms with Crippen molar-refractivity contribution in [1.82, 2.24) is 5.32 Å². The second-order valence-corrected chi connectivity index (χ2v) is 5.11. The molecule has 0 aliphatic rings. The molecule has 3 N–H and O–H groups in total. The third-order valence-corrected chi connectivity index (χ3v) is 3.24. The molecule has 0 heterocycles. The van der Waals surface area contributed by atoms with Crippen LogP contribution in [-0.2, 0) is 14.9 Å². The minimum Gasteiger partial charge on any atom is -0.480 e. The summed E-state index contributed by atoms with van der Waals surface area (Å²) < 4.78 is 29.9. The zero-order chi connectivity index (χ0) is 12.1. The van der Waals surface area contributed by atoms with E-state index < -0.39 is 21.3 Å². The standard InChI is InChI=1S/C8H17NO5S/c1-3-6(2)4-9-5-7(8(10)11)15(12,13)14/h6-7,9H,3-5H2,1-2H3,(H,10,11)(H,12,13,14). The summed E-state index contributed by atoms with van der Waals surface area (Å²) in [4.78, 5) is 10.5. The van der Waals surface area contributed by atoms with Crippen LogP contribution in [0.2, 0.25) is 0 Å². The molecule has 0 bridgehead atoms. The highest BCUT2D eigenvalue weighted by Crippen LogP contribution is 2.00. The van der Waals surface area contributed by atoms with Gasteiger partial charge in [-0.3, -0.25) is 9.35 Å². The molecule has 0 spiro atoms. The van der Waals surface area contributed by atoms with Crippen LogP contribution in [0.15, 0.2) is 0 Å². The average Bonchev–Trinajstić information content (AvgIpc) is 2.09. The molecule has 0 aromatic rings. The number of aliphatic carboxylic acids is 1. The van der Waals surface area contributed by atoms with Gasteiger partial charge in [0.25, 0.3) is 10.1 Å². The molecule has 0 fully saturated rings. The van der Waals surface area contributed by atoms with Crippen LogP contribution in [0.1, 0.15) is 20.3 Å². The van der Waals surface area contributed by atoms with Gasteiger partial charge < -0.3 is 10.4 Å². The molecule has 0 aromatic heterocycles. The van der Waals surface area contributed by atoms with Gasteiger partial charge in [-0.15, -0.1) is 0 Å². The maximum atomic E-state index is 10.7. The van der Waals surface area contributed by atoms with E-state index in [-0.39, 0.29) is 6.54 Å². The normalized spacial score (nSPS) is 15.9. The number of carbonyl (C=O) groups is 1. The fourth-order valence-corrected chi connectivity index (χ4v) is 1.51. The summed E-state index contributed by atoms with van der Waals surface area (Å²) in [6, 6.07) is 0.